The van der Waals surface area contributed by atoms with E-state index in [1.54, 1.807) is 13.8 Å². The number of carbonyl (C=O) groups excluding carboxylic acids is 1. The molecule has 0 aliphatic carbocycles. The maximum Gasteiger partial charge on any atom is 0.323 e. The third kappa shape index (κ3) is 3.49. The fraction of sp³-hybridized carbons (Fsp3) is 0.385. The van der Waals surface area contributed by atoms with Crippen molar-refractivity contribution in [2.45, 2.75) is 26.3 Å². The molecule has 0 heterocycles. The highest BCUT2D eigenvalue weighted by molar-refractivity contribution is 5.96. The van der Waals surface area contributed by atoms with Gasteiger partial charge in [0.05, 0.1) is 5.56 Å². The van der Waals surface area contributed by atoms with Crippen LogP contribution in [0.25, 0.3) is 0 Å². The van der Waals surface area contributed by atoms with Crippen LogP contribution in [0.1, 0.15) is 30.6 Å². The predicted octanol–water partition coefficient (Wildman–Crippen LogP) is 2.29. The Bertz CT molecular complexity index is 491. The SMILES string of the molecule is CCC(C)N(CC(=O)O)C(=O)c1cccc(F)c1F. The summed E-state index contributed by atoms with van der Waals surface area (Å²) in [7, 11) is 0. The van der Waals surface area contributed by atoms with E-state index in [4.69, 9.17) is 5.11 Å². The minimum atomic E-state index is -1.26. The third-order valence-corrected chi connectivity index (χ3v) is 2.87. The third-order valence-electron chi connectivity index (χ3n) is 2.87. The molecular weight excluding hydrogens is 256 g/mol. The van der Waals surface area contributed by atoms with Crippen LogP contribution in [0.3, 0.4) is 0 Å². The fourth-order valence-electron chi connectivity index (χ4n) is 1.62. The summed E-state index contributed by atoms with van der Waals surface area (Å²) in [5.74, 6) is -4.42. The van der Waals surface area contributed by atoms with Crippen LogP contribution < -0.4 is 0 Å². The molecule has 0 spiro atoms. The van der Waals surface area contributed by atoms with Crippen molar-refractivity contribution in [1.29, 1.82) is 0 Å². The highest BCUT2D eigenvalue weighted by Gasteiger charge is 2.26. The molecule has 19 heavy (non-hydrogen) atoms. The molecule has 1 rings (SSSR count). The fourth-order valence-corrected chi connectivity index (χ4v) is 1.62. The van der Waals surface area contributed by atoms with Gasteiger partial charge in [0.25, 0.3) is 5.91 Å². The van der Waals surface area contributed by atoms with Crippen LogP contribution in [0.15, 0.2) is 18.2 Å². The molecule has 0 aromatic heterocycles. The van der Waals surface area contributed by atoms with Gasteiger partial charge in [0.2, 0.25) is 0 Å². The summed E-state index contributed by atoms with van der Waals surface area (Å²) in [6.07, 6.45) is 0.510. The van der Waals surface area contributed by atoms with Gasteiger partial charge in [-0.15, -0.1) is 0 Å². The molecular formula is C13H15F2NO3. The molecule has 0 aliphatic rings. The Morgan fingerprint density at radius 1 is 1.37 bits per heavy atom. The first kappa shape index (κ1) is 15.1. The highest BCUT2D eigenvalue weighted by Crippen LogP contribution is 2.16. The van der Waals surface area contributed by atoms with E-state index in [0.29, 0.717) is 6.42 Å². The van der Waals surface area contributed by atoms with E-state index in [1.165, 1.54) is 6.07 Å². The van der Waals surface area contributed by atoms with Crippen LogP contribution in [0, 0.1) is 11.6 Å². The lowest BCUT2D eigenvalue weighted by molar-refractivity contribution is -0.138. The second-order valence-corrected chi connectivity index (χ2v) is 4.19. The Morgan fingerprint density at radius 3 is 2.53 bits per heavy atom. The quantitative estimate of drug-likeness (QED) is 0.893. The summed E-state index contributed by atoms with van der Waals surface area (Å²) in [5.41, 5.74) is -0.457. The summed E-state index contributed by atoms with van der Waals surface area (Å²) in [6, 6.07) is 2.86. The maximum atomic E-state index is 13.5. The zero-order valence-electron chi connectivity index (χ0n) is 10.7. The Hall–Kier alpha value is -1.98. The number of hydrogen-bond donors (Lipinski definition) is 1. The van der Waals surface area contributed by atoms with Gasteiger partial charge in [-0.05, 0) is 25.5 Å². The van der Waals surface area contributed by atoms with Gasteiger partial charge in [0, 0.05) is 6.04 Å². The molecule has 0 bridgehead atoms. The number of hydrogen-bond acceptors (Lipinski definition) is 2. The molecule has 6 heteroatoms. The van der Waals surface area contributed by atoms with Gasteiger partial charge in [0.1, 0.15) is 6.54 Å². The largest absolute Gasteiger partial charge is 0.480 e. The molecule has 0 saturated heterocycles. The van der Waals surface area contributed by atoms with Gasteiger partial charge in [-0.25, -0.2) is 8.78 Å². The van der Waals surface area contributed by atoms with Crippen molar-refractivity contribution < 1.29 is 23.5 Å². The molecule has 104 valence electrons. The number of aliphatic carboxylic acids is 1. The topological polar surface area (TPSA) is 57.6 Å². The van der Waals surface area contributed by atoms with Crippen molar-refractivity contribution in [2.75, 3.05) is 6.54 Å². The first-order chi connectivity index (χ1) is 8.88. The molecule has 1 amide bonds. The number of rotatable bonds is 5. The summed E-state index contributed by atoms with van der Waals surface area (Å²) < 4.78 is 26.6. The monoisotopic (exact) mass is 271 g/mol. The number of carboxylic acids is 1. The Labute approximate surface area is 109 Å². The number of carbonyl (C=O) groups is 2. The van der Waals surface area contributed by atoms with Crippen LogP contribution in [0.4, 0.5) is 8.78 Å². The van der Waals surface area contributed by atoms with Crippen molar-refractivity contribution in [3.63, 3.8) is 0 Å². The van der Waals surface area contributed by atoms with Gasteiger partial charge >= 0.3 is 5.97 Å². The van der Waals surface area contributed by atoms with E-state index >= 15 is 0 Å². The van der Waals surface area contributed by atoms with E-state index in [2.05, 4.69) is 0 Å². The molecule has 0 fully saturated rings. The lowest BCUT2D eigenvalue weighted by Crippen LogP contribution is -2.42. The number of nitrogens with zero attached hydrogens (tertiary/aromatic N) is 1. The molecule has 0 saturated carbocycles. The van der Waals surface area contributed by atoms with E-state index in [9.17, 15) is 18.4 Å². The summed E-state index contributed by atoms with van der Waals surface area (Å²) in [6.45, 7) is 2.87. The summed E-state index contributed by atoms with van der Waals surface area (Å²) in [4.78, 5) is 23.9. The average Bonchev–Trinajstić information content (AvgIpc) is 2.37. The van der Waals surface area contributed by atoms with Crippen molar-refractivity contribution in [2.24, 2.45) is 0 Å². The van der Waals surface area contributed by atoms with Gasteiger partial charge in [0.15, 0.2) is 11.6 Å². The van der Waals surface area contributed by atoms with Gasteiger partial charge in [-0.3, -0.25) is 9.59 Å². The zero-order valence-corrected chi connectivity index (χ0v) is 10.7. The van der Waals surface area contributed by atoms with Crippen LogP contribution in [0.2, 0.25) is 0 Å². The Morgan fingerprint density at radius 2 is 2.00 bits per heavy atom. The average molecular weight is 271 g/mol. The van der Waals surface area contributed by atoms with Crippen LogP contribution >= 0.6 is 0 Å². The van der Waals surface area contributed by atoms with Crippen LogP contribution in [-0.2, 0) is 4.79 Å². The minimum absolute atomic E-state index is 0.383. The standard InChI is InChI=1S/C13H15F2NO3/c1-3-8(2)16(7-11(17)18)13(19)9-5-4-6-10(14)12(9)15/h4-6,8H,3,7H2,1-2H3,(H,17,18). The minimum Gasteiger partial charge on any atom is -0.480 e. The Kier molecular flexibility index (Phi) is 4.97. The number of amides is 1. The molecule has 0 aliphatic heterocycles. The van der Waals surface area contributed by atoms with Gasteiger partial charge < -0.3 is 10.0 Å². The van der Waals surface area contributed by atoms with Crippen LogP contribution in [0.5, 0.6) is 0 Å². The van der Waals surface area contributed by atoms with E-state index < -0.39 is 35.6 Å². The first-order valence-electron chi connectivity index (χ1n) is 5.85. The summed E-state index contributed by atoms with van der Waals surface area (Å²) >= 11 is 0. The number of benzene rings is 1. The van der Waals surface area contributed by atoms with E-state index in [1.807, 2.05) is 0 Å². The maximum absolute atomic E-state index is 13.5. The number of carboxylic acid groups (broad SMARTS) is 1. The molecule has 1 unspecified atom stereocenters. The predicted molar refractivity (Wildman–Crippen MR) is 64.8 cm³/mol. The second kappa shape index (κ2) is 6.26. The Balaban J connectivity index is 3.11. The molecule has 4 nitrogen and oxygen atoms in total. The van der Waals surface area contributed by atoms with E-state index in [-0.39, 0.29) is 6.04 Å². The van der Waals surface area contributed by atoms with E-state index in [0.717, 1.165) is 17.0 Å². The van der Waals surface area contributed by atoms with Crippen molar-refractivity contribution in [3.8, 4) is 0 Å². The van der Waals surface area contributed by atoms with Crippen molar-refractivity contribution in [1.82, 2.24) is 4.90 Å². The molecule has 1 atom stereocenters. The zero-order chi connectivity index (χ0) is 14.6. The molecule has 1 N–H and O–H groups in total. The molecule has 1 aromatic carbocycles. The normalized spacial score (nSPS) is 12.0. The molecule has 1 aromatic rings. The van der Waals surface area contributed by atoms with Crippen molar-refractivity contribution in [3.05, 3.63) is 35.4 Å². The molecule has 0 radical (unpaired) electrons. The lowest BCUT2D eigenvalue weighted by Gasteiger charge is -2.27. The van der Waals surface area contributed by atoms with Gasteiger partial charge in [-0.2, -0.15) is 0 Å². The smallest absolute Gasteiger partial charge is 0.323 e. The lowest BCUT2D eigenvalue weighted by atomic mass is 10.1. The highest BCUT2D eigenvalue weighted by atomic mass is 19.2. The van der Waals surface area contributed by atoms with Gasteiger partial charge in [-0.1, -0.05) is 13.0 Å². The first-order valence-corrected chi connectivity index (χ1v) is 5.85. The van der Waals surface area contributed by atoms with Crippen LogP contribution in [-0.4, -0.2) is 34.5 Å². The van der Waals surface area contributed by atoms with Crippen molar-refractivity contribution >= 4 is 11.9 Å². The second-order valence-electron chi connectivity index (χ2n) is 4.19. The summed E-state index contributed by atoms with van der Waals surface area (Å²) in [5, 5.41) is 8.79. The number of halogens is 2.